The van der Waals surface area contributed by atoms with E-state index in [2.05, 4.69) is 11.9 Å². The summed E-state index contributed by atoms with van der Waals surface area (Å²) < 4.78 is 12.9. The van der Waals surface area contributed by atoms with Crippen LogP contribution >= 0.6 is 0 Å². The van der Waals surface area contributed by atoms with Gasteiger partial charge in [-0.1, -0.05) is 25.8 Å². The molecule has 2 aromatic rings. The third kappa shape index (κ3) is 4.13. The Kier molecular flexibility index (Phi) is 5.64. The maximum absolute atomic E-state index is 12.9. The minimum Gasteiger partial charge on any atom is -0.310 e. The Labute approximate surface area is 130 Å². The lowest BCUT2D eigenvalue weighted by molar-refractivity contribution is 0.0988. The van der Waals surface area contributed by atoms with Gasteiger partial charge in [-0.3, -0.25) is 9.78 Å². The van der Waals surface area contributed by atoms with Crippen molar-refractivity contribution in [2.45, 2.75) is 32.6 Å². The third-order valence-electron chi connectivity index (χ3n) is 3.63. The van der Waals surface area contributed by atoms with Crippen LogP contribution in [0.3, 0.4) is 0 Å². The van der Waals surface area contributed by atoms with E-state index in [0.717, 1.165) is 18.4 Å². The van der Waals surface area contributed by atoms with Crippen LogP contribution in [0.15, 0.2) is 42.6 Å². The molecule has 0 unspecified atom stereocenters. The fourth-order valence-electron chi connectivity index (χ4n) is 2.23. The molecule has 0 aliphatic heterocycles. The van der Waals surface area contributed by atoms with Crippen LogP contribution in [0.5, 0.6) is 0 Å². The number of hydrogen-bond acceptors (Lipinski definition) is 2. The highest BCUT2D eigenvalue weighted by atomic mass is 19.1. The molecule has 0 aliphatic rings. The van der Waals surface area contributed by atoms with Gasteiger partial charge in [-0.05, 0) is 48.7 Å². The lowest BCUT2D eigenvalue weighted by Crippen LogP contribution is -2.27. The predicted molar refractivity (Wildman–Crippen MR) is 86.6 cm³/mol. The van der Waals surface area contributed by atoms with Crippen molar-refractivity contribution in [2.75, 3.05) is 11.9 Å². The number of pyridine rings is 1. The van der Waals surface area contributed by atoms with Gasteiger partial charge in [0, 0.05) is 18.9 Å². The van der Waals surface area contributed by atoms with Crippen molar-refractivity contribution >= 4 is 11.6 Å². The maximum Gasteiger partial charge on any atom is 0.276 e. The molecule has 0 bridgehead atoms. The molecular formula is C18H21FN2O. The SMILES string of the molecule is CCCCCc1ccc(C(=O)N(C)c2ccc(F)cc2)nc1. The van der Waals surface area contributed by atoms with Gasteiger partial charge in [0.25, 0.3) is 5.91 Å². The fraction of sp³-hybridized carbons (Fsp3) is 0.333. The number of amides is 1. The molecule has 1 aromatic heterocycles. The Morgan fingerprint density at radius 3 is 2.45 bits per heavy atom. The smallest absolute Gasteiger partial charge is 0.276 e. The molecule has 0 spiro atoms. The van der Waals surface area contributed by atoms with Crippen LogP contribution in [0, 0.1) is 5.82 Å². The fourth-order valence-corrected chi connectivity index (χ4v) is 2.23. The zero-order valence-electron chi connectivity index (χ0n) is 13.1. The first kappa shape index (κ1) is 16.1. The Morgan fingerprint density at radius 1 is 1.14 bits per heavy atom. The largest absolute Gasteiger partial charge is 0.310 e. The molecule has 1 aromatic carbocycles. The molecule has 0 aliphatic carbocycles. The number of rotatable bonds is 6. The van der Waals surface area contributed by atoms with Gasteiger partial charge < -0.3 is 4.90 Å². The molecule has 22 heavy (non-hydrogen) atoms. The van der Waals surface area contributed by atoms with Gasteiger partial charge in [-0.15, -0.1) is 0 Å². The molecule has 3 nitrogen and oxygen atoms in total. The number of nitrogens with zero attached hydrogens (tertiary/aromatic N) is 2. The van der Waals surface area contributed by atoms with E-state index in [1.165, 1.54) is 29.9 Å². The molecule has 0 atom stereocenters. The standard InChI is InChI=1S/C18H21FN2O/c1-3-4-5-6-14-7-12-17(20-13-14)18(22)21(2)16-10-8-15(19)9-11-16/h7-13H,3-6H2,1-2H3. The van der Waals surface area contributed by atoms with Crippen LogP contribution in [-0.2, 0) is 6.42 Å². The summed E-state index contributed by atoms with van der Waals surface area (Å²) >= 11 is 0. The summed E-state index contributed by atoms with van der Waals surface area (Å²) in [6.07, 6.45) is 6.28. The molecular weight excluding hydrogens is 279 g/mol. The number of aryl methyl sites for hydroxylation is 1. The third-order valence-corrected chi connectivity index (χ3v) is 3.63. The summed E-state index contributed by atoms with van der Waals surface area (Å²) in [7, 11) is 1.66. The average molecular weight is 300 g/mol. The number of carbonyl (C=O) groups is 1. The summed E-state index contributed by atoms with van der Waals surface area (Å²) in [5.41, 5.74) is 2.18. The normalized spacial score (nSPS) is 10.5. The summed E-state index contributed by atoms with van der Waals surface area (Å²) in [5.74, 6) is -0.522. The lowest BCUT2D eigenvalue weighted by atomic mass is 10.1. The van der Waals surface area contributed by atoms with Crippen molar-refractivity contribution < 1.29 is 9.18 Å². The van der Waals surface area contributed by atoms with Crippen molar-refractivity contribution in [1.29, 1.82) is 0 Å². The Balaban J connectivity index is 2.04. The van der Waals surface area contributed by atoms with Crippen molar-refractivity contribution in [3.8, 4) is 0 Å². The van der Waals surface area contributed by atoms with E-state index < -0.39 is 0 Å². The van der Waals surface area contributed by atoms with Gasteiger partial charge in [0.05, 0.1) is 0 Å². The molecule has 0 radical (unpaired) electrons. The van der Waals surface area contributed by atoms with Gasteiger partial charge in [-0.25, -0.2) is 4.39 Å². The number of benzene rings is 1. The molecule has 2 rings (SSSR count). The van der Waals surface area contributed by atoms with Crippen LogP contribution in [0.25, 0.3) is 0 Å². The van der Waals surface area contributed by atoms with Crippen molar-refractivity contribution in [2.24, 2.45) is 0 Å². The molecule has 4 heteroatoms. The van der Waals surface area contributed by atoms with Gasteiger partial charge in [-0.2, -0.15) is 0 Å². The van der Waals surface area contributed by atoms with Crippen LogP contribution < -0.4 is 4.90 Å². The Bertz CT molecular complexity index is 608. The van der Waals surface area contributed by atoms with Gasteiger partial charge in [0.2, 0.25) is 0 Å². The Morgan fingerprint density at radius 2 is 1.86 bits per heavy atom. The van der Waals surface area contributed by atoms with Gasteiger partial charge in [0.15, 0.2) is 0 Å². The first-order valence-corrected chi connectivity index (χ1v) is 7.60. The number of anilines is 1. The molecule has 0 N–H and O–H groups in total. The molecule has 1 heterocycles. The van der Waals surface area contributed by atoms with E-state index in [1.54, 1.807) is 31.4 Å². The first-order valence-electron chi connectivity index (χ1n) is 7.60. The quantitative estimate of drug-likeness (QED) is 0.748. The molecule has 0 fully saturated rings. The highest BCUT2D eigenvalue weighted by molar-refractivity contribution is 6.04. The number of aromatic nitrogens is 1. The maximum atomic E-state index is 12.9. The zero-order chi connectivity index (χ0) is 15.9. The van der Waals surface area contributed by atoms with Crippen molar-refractivity contribution in [3.05, 3.63) is 59.7 Å². The topological polar surface area (TPSA) is 33.2 Å². The number of carbonyl (C=O) groups excluding carboxylic acids is 1. The van der Waals surface area contributed by atoms with Crippen LogP contribution in [0.4, 0.5) is 10.1 Å². The monoisotopic (exact) mass is 300 g/mol. The average Bonchev–Trinajstić information content (AvgIpc) is 2.55. The van der Waals surface area contributed by atoms with E-state index in [-0.39, 0.29) is 11.7 Å². The summed E-state index contributed by atoms with van der Waals surface area (Å²) in [6, 6.07) is 9.53. The second-order valence-corrected chi connectivity index (χ2v) is 5.35. The van der Waals surface area contributed by atoms with Crippen molar-refractivity contribution in [1.82, 2.24) is 4.98 Å². The van der Waals surface area contributed by atoms with Gasteiger partial charge in [0.1, 0.15) is 11.5 Å². The molecule has 0 saturated carbocycles. The van der Waals surface area contributed by atoms with Crippen LogP contribution in [0.1, 0.15) is 42.2 Å². The number of unbranched alkanes of at least 4 members (excludes halogenated alkanes) is 2. The predicted octanol–water partition coefficient (Wildman–Crippen LogP) is 4.23. The van der Waals surface area contributed by atoms with E-state index >= 15 is 0 Å². The van der Waals surface area contributed by atoms with Crippen LogP contribution in [0.2, 0.25) is 0 Å². The number of halogens is 1. The molecule has 1 amide bonds. The highest BCUT2D eigenvalue weighted by Gasteiger charge is 2.14. The van der Waals surface area contributed by atoms with E-state index in [1.807, 2.05) is 6.07 Å². The number of hydrogen-bond donors (Lipinski definition) is 0. The van der Waals surface area contributed by atoms with Crippen LogP contribution in [-0.4, -0.2) is 17.9 Å². The van der Waals surface area contributed by atoms with E-state index in [9.17, 15) is 9.18 Å². The zero-order valence-corrected chi connectivity index (χ0v) is 13.1. The van der Waals surface area contributed by atoms with E-state index in [0.29, 0.717) is 11.4 Å². The molecule has 116 valence electrons. The van der Waals surface area contributed by atoms with Crippen molar-refractivity contribution in [3.63, 3.8) is 0 Å². The minimum absolute atomic E-state index is 0.202. The first-order chi connectivity index (χ1) is 10.6. The summed E-state index contributed by atoms with van der Waals surface area (Å²) in [4.78, 5) is 18.1. The Hall–Kier alpha value is -2.23. The highest BCUT2D eigenvalue weighted by Crippen LogP contribution is 2.16. The van der Waals surface area contributed by atoms with Gasteiger partial charge >= 0.3 is 0 Å². The summed E-state index contributed by atoms with van der Waals surface area (Å²) in [5, 5.41) is 0. The summed E-state index contributed by atoms with van der Waals surface area (Å²) in [6.45, 7) is 2.17. The van der Waals surface area contributed by atoms with E-state index in [4.69, 9.17) is 0 Å². The second kappa shape index (κ2) is 7.69. The molecule has 0 saturated heterocycles. The minimum atomic E-state index is -0.320. The second-order valence-electron chi connectivity index (χ2n) is 5.35. The lowest BCUT2D eigenvalue weighted by Gasteiger charge is -2.16.